The highest BCUT2D eigenvalue weighted by molar-refractivity contribution is 6.30. The average Bonchev–Trinajstić information content (AvgIpc) is 3.74. The summed E-state index contributed by atoms with van der Waals surface area (Å²) in [6.45, 7) is 0.566. The van der Waals surface area contributed by atoms with Crippen LogP contribution in [-0.2, 0) is 6.54 Å². The molecule has 1 unspecified atom stereocenters. The van der Waals surface area contributed by atoms with Crippen LogP contribution in [0.3, 0.4) is 0 Å². The minimum atomic E-state index is -0.314. The van der Waals surface area contributed by atoms with Crippen molar-refractivity contribution in [3.05, 3.63) is 162 Å². The molecule has 228 valence electrons. The van der Waals surface area contributed by atoms with Crippen molar-refractivity contribution >= 4 is 60.9 Å². The van der Waals surface area contributed by atoms with E-state index in [1.54, 1.807) is 0 Å². The topological polar surface area (TPSA) is 75.1 Å². The van der Waals surface area contributed by atoms with Gasteiger partial charge in [-0.2, -0.15) is 0 Å². The minimum absolute atomic E-state index is 0.314. The summed E-state index contributed by atoms with van der Waals surface area (Å²) < 4.78 is 13.2. The zero-order chi connectivity index (χ0) is 31.6. The van der Waals surface area contributed by atoms with Crippen molar-refractivity contribution in [3.8, 4) is 11.1 Å². The quantitative estimate of drug-likeness (QED) is 0.205. The van der Waals surface area contributed by atoms with Crippen molar-refractivity contribution in [1.82, 2.24) is 10.6 Å². The standard InChI is InChI=1S/C42H28N4O2/c1-2-11-26(12-3-1)40-44-41(28-21-20-25-10-4-5-13-27(25)22-28)46-42(45-40)34-23-43-24-36-37(34)33-18-9-17-32(39(33)48-36)31-16-8-15-30-29-14-6-7-19-35(29)47-38(30)31/h1-23,40,43H,24H2,(H,44,45,46). The van der Waals surface area contributed by atoms with E-state index in [4.69, 9.17) is 18.8 Å². The van der Waals surface area contributed by atoms with Gasteiger partial charge < -0.3 is 19.5 Å². The maximum Gasteiger partial charge on any atom is 0.161 e. The molecule has 2 aliphatic rings. The summed E-state index contributed by atoms with van der Waals surface area (Å²) in [6.07, 6.45) is 1.71. The number of nitrogens with one attached hydrogen (secondary N) is 2. The summed E-state index contributed by atoms with van der Waals surface area (Å²) in [5.41, 5.74) is 8.50. The monoisotopic (exact) mass is 620 g/mol. The van der Waals surface area contributed by atoms with Crippen LogP contribution in [0.15, 0.2) is 158 Å². The zero-order valence-electron chi connectivity index (χ0n) is 25.8. The molecule has 0 saturated carbocycles. The van der Waals surface area contributed by atoms with Crippen molar-refractivity contribution in [2.45, 2.75) is 12.7 Å². The lowest BCUT2D eigenvalue weighted by Gasteiger charge is -2.25. The molecule has 0 amide bonds. The highest BCUT2D eigenvalue weighted by Gasteiger charge is 2.29. The molecule has 2 aromatic heterocycles. The first-order valence-corrected chi connectivity index (χ1v) is 16.1. The second-order valence-corrected chi connectivity index (χ2v) is 12.2. The molecule has 2 aliphatic heterocycles. The van der Waals surface area contributed by atoms with Gasteiger partial charge in [0.1, 0.15) is 34.5 Å². The molecule has 10 rings (SSSR count). The third-order valence-corrected chi connectivity index (χ3v) is 9.38. The molecule has 0 fully saturated rings. The Kier molecular flexibility index (Phi) is 5.90. The Morgan fingerprint density at radius 1 is 0.625 bits per heavy atom. The molecule has 0 radical (unpaired) electrons. The number of fused-ring (bicyclic) bond motifs is 7. The summed E-state index contributed by atoms with van der Waals surface area (Å²) in [7, 11) is 0. The van der Waals surface area contributed by atoms with E-state index < -0.39 is 0 Å². The number of benzene rings is 6. The molecule has 6 nitrogen and oxygen atoms in total. The smallest absolute Gasteiger partial charge is 0.161 e. The molecule has 6 aromatic carbocycles. The number of hydrogen-bond donors (Lipinski definition) is 2. The largest absolute Gasteiger partial charge is 0.458 e. The average molecular weight is 621 g/mol. The lowest BCUT2D eigenvalue weighted by molar-refractivity contribution is 0.532. The molecular formula is C42H28N4O2. The van der Waals surface area contributed by atoms with Gasteiger partial charge in [0.25, 0.3) is 0 Å². The number of rotatable bonds is 4. The van der Waals surface area contributed by atoms with Gasteiger partial charge in [0, 0.05) is 50.2 Å². The molecular weight excluding hydrogens is 592 g/mol. The Bertz CT molecular complexity index is 2660. The summed E-state index contributed by atoms with van der Waals surface area (Å²) in [6, 6.07) is 46.0. The molecule has 2 N–H and O–H groups in total. The van der Waals surface area contributed by atoms with E-state index in [1.807, 2.05) is 42.6 Å². The lowest BCUT2D eigenvalue weighted by Crippen LogP contribution is -2.34. The number of furan rings is 2. The van der Waals surface area contributed by atoms with E-state index in [0.29, 0.717) is 12.4 Å². The molecule has 48 heavy (non-hydrogen) atoms. The first kappa shape index (κ1) is 26.8. The lowest BCUT2D eigenvalue weighted by atomic mass is 9.95. The van der Waals surface area contributed by atoms with Crippen LogP contribution in [0.1, 0.15) is 28.6 Å². The predicted octanol–water partition coefficient (Wildman–Crippen LogP) is 9.74. The molecule has 0 saturated heterocycles. The predicted molar refractivity (Wildman–Crippen MR) is 194 cm³/mol. The van der Waals surface area contributed by atoms with Crippen LogP contribution in [-0.4, -0.2) is 11.7 Å². The Morgan fingerprint density at radius 2 is 1.35 bits per heavy atom. The summed E-state index contributed by atoms with van der Waals surface area (Å²) in [5.74, 6) is 2.27. The van der Waals surface area contributed by atoms with E-state index in [1.165, 1.54) is 5.39 Å². The highest BCUT2D eigenvalue weighted by Crippen LogP contribution is 2.43. The third-order valence-electron chi connectivity index (χ3n) is 9.38. The zero-order valence-corrected chi connectivity index (χ0v) is 25.8. The summed E-state index contributed by atoms with van der Waals surface area (Å²) in [4.78, 5) is 10.4. The van der Waals surface area contributed by atoms with Crippen molar-refractivity contribution in [2.75, 3.05) is 0 Å². The van der Waals surface area contributed by atoms with Crippen LogP contribution < -0.4 is 10.6 Å². The second kappa shape index (κ2) is 10.6. The normalized spacial score (nSPS) is 15.9. The third kappa shape index (κ3) is 4.19. The Morgan fingerprint density at radius 3 is 2.23 bits per heavy atom. The van der Waals surface area contributed by atoms with E-state index in [-0.39, 0.29) is 6.17 Å². The first-order valence-electron chi connectivity index (χ1n) is 16.1. The first-order chi connectivity index (χ1) is 23.8. The molecule has 0 spiro atoms. The van der Waals surface area contributed by atoms with Gasteiger partial charge >= 0.3 is 0 Å². The van der Waals surface area contributed by atoms with E-state index in [9.17, 15) is 0 Å². The van der Waals surface area contributed by atoms with E-state index >= 15 is 0 Å². The maximum absolute atomic E-state index is 6.73. The van der Waals surface area contributed by atoms with Crippen LogP contribution >= 0.6 is 0 Å². The van der Waals surface area contributed by atoms with Gasteiger partial charge in [-0.15, -0.1) is 0 Å². The van der Waals surface area contributed by atoms with Crippen LogP contribution in [0.25, 0.3) is 60.4 Å². The van der Waals surface area contributed by atoms with Crippen LogP contribution in [0, 0.1) is 0 Å². The van der Waals surface area contributed by atoms with Crippen molar-refractivity contribution in [1.29, 1.82) is 0 Å². The second-order valence-electron chi connectivity index (χ2n) is 12.2. The van der Waals surface area contributed by atoms with Crippen LogP contribution in [0.4, 0.5) is 0 Å². The van der Waals surface area contributed by atoms with Crippen molar-refractivity contribution in [3.63, 3.8) is 0 Å². The molecule has 0 bridgehead atoms. The Balaban J connectivity index is 1.14. The summed E-state index contributed by atoms with van der Waals surface area (Å²) in [5, 5.41) is 12.6. The van der Waals surface area contributed by atoms with Gasteiger partial charge in [-0.3, -0.25) is 0 Å². The van der Waals surface area contributed by atoms with E-state index in [0.717, 1.165) is 83.3 Å². The van der Waals surface area contributed by atoms with Crippen molar-refractivity contribution < 1.29 is 8.83 Å². The number of aliphatic imine (C=N–C) groups is 2. The molecule has 0 aliphatic carbocycles. The van der Waals surface area contributed by atoms with Gasteiger partial charge in [0.05, 0.1) is 6.54 Å². The van der Waals surface area contributed by atoms with Gasteiger partial charge in [-0.25, -0.2) is 9.98 Å². The van der Waals surface area contributed by atoms with Gasteiger partial charge in [0.15, 0.2) is 5.84 Å². The van der Waals surface area contributed by atoms with Crippen LogP contribution in [0.5, 0.6) is 0 Å². The van der Waals surface area contributed by atoms with Crippen LogP contribution in [0.2, 0.25) is 0 Å². The molecule has 1 atom stereocenters. The maximum atomic E-state index is 6.73. The summed E-state index contributed by atoms with van der Waals surface area (Å²) >= 11 is 0. The van der Waals surface area contributed by atoms with Crippen molar-refractivity contribution in [2.24, 2.45) is 9.98 Å². The SMILES string of the molecule is C1=C(C2=NC(c3ccccc3)NC(c3ccc4ccccc4c3)=N2)c2c(oc3c(-c4cccc5c4oc4ccccc45)cccc23)CN1. The molecule has 4 heterocycles. The minimum Gasteiger partial charge on any atom is -0.458 e. The van der Waals surface area contributed by atoms with Gasteiger partial charge in [-0.05, 0) is 28.5 Å². The Labute approximate surface area is 275 Å². The Hall–Kier alpha value is -6.40. The van der Waals surface area contributed by atoms with E-state index in [2.05, 4.69) is 108 Å². The molecule has 8 aromatic rings. The van der Waals surface area contributed by atoms with Gasteiger partial charge in [-0.1, -0.05) is 121 Å². The highest BCUT2D eigenvalue weighted by atomic mass is 16.3. The number of para-hydroxylation sites is 3. The fourth-order valence-corrected chi connectivity index (χ4v) is 7.11. The molecule has 6 heteroatoms. The number of hydrogen-bond acceptors (Lipinski definition) is 6. The van der Waals surface area contributed by atoms with Gasteiger partial charge in [0.2, 0.25) is 0 Å². The fraction of sp³-hybridized carbons (Fsp3) is 0.0476. The number of nitrogens with zero attached hydrogens (tertiary/aromatic N) is 2. The number of amidine groups is 2. The fourth-order valence-electron chi connectivity index (χ4n) is 7.11.